The zero-order valence-corrected chi connectivity index (χ0v) is 23.7. The molecule has 3 aromatic heterocycles. The quantitative estimate of drug-likeness (QED) is 0.358. The summed E-state index contributed by atoms with van der Waals surface area (Å²) in [5.74, 6) is 0.513. The molecule has 8 nitrogen and oxygen atoms in total. The highest BCUT2D eigenvalue weighted by Crippen LogP contribution is 2.30. The molecule has 0 aromatic carbocycles. The average Bonchev–Trinajstić information content (AvgIpc) is 3.25. The van der Waals surface area contributed by atoms with Gasteiger partial charge in [0, 0.05) is 69.3 Å². The number of allylic oxidation sites excluding steroid dienone is 1. The van der Waals surface area contributed by atoms with Crippen LogP contribution in [0.4, 0.5) is 20.5 Å². The number of halogens is 2. The van der Waals surface area contributed by atoms with Gasteiger partial charge in [-0.1, -0.05) is 13.5 Å². The second kappa shape index (κ2) is 12.1. The summed E-state index contributed by atoms with van der Waals surface area (Å²) in [5, 5.41) is 0. The average molecular weight is 537 g/mol. The van der Waals surface area contributed by atoms with Crippen LogP contribution in [-0.4, -0.2) is 74.1 Å². The first-order chi connectivity index (χ1) is 18.6. The van der Waals surface area contributed by atoms with E-state index in [0.29, 0.717) is 34.4 Å². The van der Waals surface area contributed by atoms with Crippen molar-refractivity contribution in [2.45, 2.75) is 47.2 Å². The lowest BCUT2D eigenvalue weighted by atomic mass is 10.1. The van der Waals surface area contributed by atoms with E-state index in [0.717, 1.165) is 44.8 Å². The highest BCUT2D eigenvalue weighted by Gasteiger charge is 2.20. The highest BCUT2D eigenvalue weighted by atomic mass is 19.1. The number of piperazine rings is 1. The fourth-order valence-corrected chi connectivity index (χ4v) is 4.97. The summed E-state index contributed by atoms with van der Waals surface area (Å²) < 4.78 is 31.1. The molecule has 0 amide bonds. The summed E-state index contributed by atoms with van der Waals surface area (Å²) in [6, 6.07) is 1.69. The minimum atomic E-state index is -0.629. The van der Waals surface area contributed by atoms with Crippen molar-refractivity contribution in [2.24, 2.45) is 0 Å². The number of anilines is 2. The van der Waals surface area contributed by atoms with E-state index < -0.39 is 11.6 Å². The van der Waals surface area contributed by atoms with Gasteiger partial charge in [-0.05, 0) is 52.0 Å². The second-order valence-corrected chi connectivity index (χ2v) is 10.3. The van der Waals surface area contributed by atoms with Crippen molar-refractivity contribution in [3.63, 3.8) is 0 Å². The lowest BCUT2D eigenvalue weighted by Gasteiger charge is -2.33. The maximum absolute atomic E-state index is 15.0. The molecule has 0 radical (unpaired) electrons. The van der Waals surface area contributed by atoms with Crippen molar-refractivity contribution in [3.05, 3.63) is 65.4 Å². The fraction of sp³-hybridized carbons (Fsp3) is 0.448. The van der Waals surface area contributed by atoms with Gasteiger partial charge in [-0.3, -0.25) is 9.80 Å². The van der Waals surface area contributed by atoms with Crippen LogP contribution in [0, 0.1) is 12.7 Å². The summed E-state index contributed by atoms with van der Waals surface area (Å²) in [4.78, 5) is 24.3. The van der Waals surface area contributed by atoms with E-state index in [2.05, 4.69) is 43.2 Å². The van der Waals surface area contributed by atoms with Crippen molar-refractivity contribution >= 4 is 29.2 Å². The molecule has 3 aromatic rings. The first-order valence-electron chi connectivity index (χ1n) is 13.4. The van der Waals surface area contributed by atoms with Crippen LogP contribution in [0.5, 0.6) is 0 Å². The van der Waals surface area contributed by atoms with Gasteiger partial charge in [0.05, 0.1) is 11.9 Å². The van der Waals surface area contributed by atoms with Gasteiger partial charge in [0.15, 0.2) is 0 Å². The first-order valence-corrected chi connectivity index (χ1v) is 13.4. The molecule has 0 spiro atoms. The number of hydrogen-bond acceptors (Lipinski definition) is 7. The van der Waals surface area contributed by atoms with Gasteiger partial charge in [-0.2, -0.15) is 0 Å². The molecule has 1 aliphatic heterocycles. The molecule has 1 fully saturated rings. The monoisotopic (exact) mass is 536 g/mol. The summed E-state index contributed by atoms with van der Waals surface area (Å²) >= 11 is 0. The molecule has 4 rings (SSSR count). The number of pyridine rings is 1. The van der Waals surface area contributed by atoms with Crippen molar-refractivity contribution < 1.29 is 8.78 Å². The molecule has 0 atom stereocenters. The topological polar surface area (TPSA) is 66.2 Å². The van der Waals surface area contributed by atoms with E-state index in [9.17, 15) is 8.78 Å². The van der Waals surface area contributed by atoms with Gasteiger partial charge in [0.1, 0.15) is 29.0 Å². The van der Waals surface area contributed by atoms with Gasteiger partial charge >= 0.3 is 0 Å². The zero-order chi connectivity index (χ0) is 28.3. The Bertz CT molecular complexity index is 1340. The first kappa shape index (κ1) is 28.5. The van der Waals surface area contributed by atoms with Crippen LogP contribution >= 0.6 is 0 Å². The Labute approximate surface area is 229 Å². The Hall–Kier alpha value is -3.50. The van der Waals surface area contributed by atoms with Crippen LogP contribution in [0.2, 0.25) is 0 Å². The minimum absolute atomic E-state index is 0.0368. The highest BCUT2D eigenvalue weighted by molar-refractivity contribution is 5.83. The maximum atomic E-state index is 15.0. The number of aromatic nitrogens is 5. The molecule has 1 saturated heterocycles. The van der Waals surface area contributed by atoms with Crippen LogP contribution in [0.3, 0.4) is 0 Å². The zero-order valence-electron chi connectivity index (χ0n) is 23.7. The second-order valence-electron chi connectivity index (χ2n) is 10.3. The molecule has 0 bridgehead atoms. The normalized spacial score (nSPS) is 15.3. The number of imidazole rings is 1. The standard InChI is InChI=1S/C29H38F2N8/c1-8-37-9-11-38(12-10-37)18-23-15-33-29(34-16-23)36(7)27-14-24(25(31)17-32-27)20(4)13-26-28(21(5)30)35-22(6)39(26)19(2)3/h13-17,19H,5,8-12,18H2,1-4,6-7H3/b20-13+. The van der Waals surface area contributed by atoms with E-state index in [1.165, 1.54) is 6.20 Å². The van der Waals surface area contributed by atoms with Crippen molar-refractivity contribution in [1.29, 1.82) is 0 Å². The smallest absolute Gasteiger partial charge is 0.230 e. The van der Waals surface area contributed by atoms with Gasteiger partial charge in [0.25, 0.3) is 0 Å². The molecule has 0 saturated carbocycles. The molecule has 4 heterocycles. The van der Waals surface area contributed by atoms with Crippen molar-refractivity contribution in [1.82, 2.24) is 34.3 Å². The lowest BCUT2D eigenvalue weighted by molar-refractivity contribution is 0.132. The number of rotatable bonds is 9. The molecular weight excluding hydrogens is 498 g/mol. The predicted molar refractivity (Wildman–Crippen MR) is 153 cm³/mol. The Balaban J connectivity index is 1.55. The summed E-state index contributed by atoms with van der Waals surface area (Å²) in [7, 11) is 1.80. The molecule has 0 aliphatic carbocycles. The Morgan fingerprint density at radius 1 is 1.10 bits per heavy atom. The van der Waals surface area contributed by atoms with Gasteiger partial charge < -0.3 is 9.47 Å². The molecular formula is C29H38F2N8. The number of likely N-dealkylation sites (N-methyl/N-ethyl adjacent to an activating group) is 1. The van der Waals surface area contributed by atoms with E-state index in [-0.39, 0.29) is 11.7 Å². The van der Waals surface area contributed by atoms with E-state index >= 15 is 0 Å². The van der Waals surface area contributed by atoms with E-state index in [4.69, 9.17) is 0 Å². The van der Waals surface area contributed by atoms with Crippen LogP contribution in [0.1, 0.15) is 62.1 Å². The maximum Gasteiger partial charge on any atom is 0.230 e. The third-order valence-corrected chi connectivity index (χ3v) is 7.17. The number of nitrogens with zero attached hydrogens (tertiary/aromatic N) is 8. The van der Waals surface area contributed by atoms with Crippen LogP contribution < -0.4 is 4.90 Å². The molecule has 1 aliphatic rings. The molecule has 0 N–H and O–H groups in total. The molecule has 10 heteroatoms. The third-order valence-electron chi connectivity index (χ3n) is 7.17. The predicted octanol–water partition coefficient (Wildman–Crippen LogP) is 5.50. The summed E-state index contributed by atoms with van der Waals surface area (Å²) in [5.41, 5.74) is 2.71. The molecule has 0 unspecified atom stereocenters. The largest absolute Gasteiger partial charge is 0.326 e. The van der Waals surface area contributed by atoms with Crippen LogP contribution in [-0.2, 0) is 6.54 Å². The minimum Gasteiger partial charge on any atom is -0.326 e. The van der Waals surface area contributed by atoms with Crippen molar-refractivity contribution in [2.75, 3.05) is 44.7 Å². The van der Waals surface area contributed by atoms with Gasteiger partial charge in [-0.15, -0.1) is 0 Å². The summed E-state index contributed by atoms with van der Waals surface area (Å²) in [6.45, 7) is 19.3. The summed E-state index contributed by atoms with van der Waals surface area (Å²) in [6.07, 6.45) is 6.60. The van der Waals surface area contributed by atoms with Crippen LogP contribution in [0.15, 0.2) is 31.2 Å². The SMILES string of the molecule is C=C(F)c1nc(C)n(C(C)C)c1/C=C(\C)c1cc(N(C)c2ncc(CN3CCN(CC)CC3)cn2)ncc1F. The Morgan fingerprint density at radius 2 is 1.74 bits per heavy atom. The van der Waals surface area contributed by atoms with E-state index in [1.807, 2.05) is 37.7 Å². The van der Waals surface area contributed by atoms with Gasteiger partial charge in [0.2, 0.25) is 5.95 Å². The Kier molecular flexibility index (Phi) is 8.87. The van der Waals surface area contributed by atoms with Crippen molar-refractivity contribution in [3.8, 4) is 0 Å². The Morgan fingerprint density at radius 3 is 2.33 bits per heavy atom. The molecule has 208 valence electrons. The number of hydrogen-bond donors (Lipinski definition) is 0. The molecule has 39 heavy (non-hydrogen) atoms. The van der Waals surface area contributed by atoms with Gasteiger partial charge in [-0.25, -0.2) is 28.7 Å². The van der Waals surface area contributed by atoms with Crippen LogP contribution in [0.25, 0.3) is 17.5 Å². The number of aryl methyl sites for hydroxylation is 1. The third kappa shape index (κ3) is 6.39. The lowest BCUT2D eigenvalue weighted by Crippen LogP contribution is -2.45. The fourth-order valence-electron chi connectivity index (χ4n) is 4.97. The van der Waals surface area contributed by atoms with E-state index in [1.54, 1.807) is 31.0 Å².